The summed E-state index contributed by atoms with van der Waals surface area (Å²) >= 11 is 6.87. The van der Waals surface area contributed by atoms with Gasteiger partial charge < -0.3 is 13.9 Å². The molecule has 1 unspecified atom stereocenters. The zero-order chi connectivity index (χ0) is 15.7. The number of hydrogen-bond acceptors (Lipinski definition) is 6. The van der Waals surface area contributed by atoms with Crippen molar-refractivity contribution >= 4 is 34.8 Å². The van der Waals surface area contributed by atoms with Crippen molar-refractivity contribution in [3.63, 3.8) is 0 Å². The lowest BCUT2D eigenvalue weighted by Gasteiger charge is -2.36. The van der Waals surface area contributed by atoms with Crippen molar-refractivity contribution < 1.29 is 13.8 Å². The predicted molar refractivity (Wildman–Crippen MR) is 93.6 cm³/mol. The molecular formula is C14H26NO3PS2. The minimum absolute atomic E-state index is 0.350. The molecule has 0 N–H and O–H groups in total. The van der Waals surface area contributed by atoms with Crippen LogP contribution in [0.5, 0.6) is 0 Å². The van der Waals surface area contributed by atoms with Crippen LogP contribution in [-0.4, -0.2) is 36.6 Å². The molecule has 1 atom stereocenters. The van der Waals surface area contributed by atoms with Gasteiger partial charge in [-0.25, -0.2) is 4.79 Å². The van der Waals surface area contributed by atoms with E-state index in [0.717, 1.165) is 32.2 Å². The number of carbonyl (C=O) groups excluding carboxylic acids is 1. The van der Waals surface area contributed by atoms with Crippen LogP contribution in [0.1, 0.15) is 52.9 Å². The Labute approximate surface area is 137 Å². The van der Waals surface area contributed by atoms with E-state index in [1.54, 1.807) is 0 Å². The Hall–Kier alpha value is 0.170. The maximum atomic E-state index is 11.4. The van der Waals surface area contributed by atoms with Gasteiger partial charge in [0.25, 0.3) is 5.69 Å². The number of piperidine rings is 1. The third kappa shape index (κ3) is 6.43. The topological polar surface area (TPSA) is 38.8 Å². The number of likely N-dealkylation sites (tertiary alicyclic amines) is 1. The first kappa shape index (κ1) is 19.2. The van der Waals surface area contributed by atoms with Gasteiger partial charge in [-0.2, -0.15) is 0 Å². The summed E-state index contributed by atoms with van der Waals surface area (Å²) in [6.07, 6.45) is 5.18. The van der Waals surface area contributed by atoms with Crippen LogP contribution in [0.25, 0.3) is 0 Å². The molecule has 0 radical (unpaired) electrons. The predicted octanol–water partition coefficient (Wildman–Crippen LogP) is 4.34. The highest BCUT2D eigenvalue weighted by Gasteiger charge is 2.29. The van der Waals surface area contributed by atoms with Crippen molar-refractivity contribution in [2.75, 3.05) is 19.8 Å². The summed E-state index contributed by atoms with van der Waals surface area (Å²) in [5.74, 6) is 2.07. The molecule has 0 bridgehead atoms. The number of hydrogen-bond donors (Lipinski definition) is 0. The van der Waals surface area contributed by atoms with Crippen molar-refractivity contribution in [1.82, 2.24) is 4.90 Å². The van der Waals surface area contributed by atoms with Crippen LogP contribution in [0.3, 0.4) is 0 Å². The largest absolute Gasteiger partial charge is 0.354 e. The molecule has 7 heteroatoms. The molecule has 0 aromatic carbocycles. The Morgan fingerprint density at radius 1 is 1.33 bits per heavy atom. The molecule has 1 saturated heterocycles. The average Bonchev–Trinajstić information content (AvgIpc) is 2.50. The van der Waals surface area contributed by atoms with E-state index in [2.05, 4.69) is 17.8 Å². The molecule has 1 fully saturated rings. The molecule has 1 heterocycles. The van der Waals surface area contributed by atoms with E-state index in [0.29, 0.717) is 24.3 Å². The molecular weight excluding hydrogens is 325 g/mol. The highest BCUT2D eigenvalue weighted by Crippen LogP contribution is 2.64. The molecule has 122 valence electrons. The maximum Gasteiger partial charge on any atom is 0.254 e. The molecule has 4 nitrogen and oxygen atoms in total. The SMILES string of the molecule is CCCOP(=S)(OCCC)SC(=C=O)N1CCCCC1C. The van der Waals surface area contributed by atoms with Gasteiger partial charge in [0, 0.05) is 12.6 Å². The third-order valence-corrected chi connectivity index (χ3v) is 8.09. The first-order valence-corrected chi connectivity index (χ1v) is 11.7. The zero-order valence-corrected chi connectivity index (χ0v) is 15.7. The molecule has 0 aromatic heterocycles. The van der Waals surface area contributed by atoms with Crippen molar-refractivity contribution in [1.29, 1.82) is 0 Å². The number of rotatable bonds is 9. The van der Waals surface area contributed by atoms with E-state index >= 15 is 0 Å². The zero-order valence-electron chi connectivity index (χ0n) is 13.2. The molecule has 0 amide bonds. The normalized spacial score (nSPS) is 19.4. The fourth-order valence-electron chi connectivity index (χ4n) is 2.13. The Morgan fingerprint density at radius 2 is 1.95 bits per heavy atom. The van der Waals surface area contributed by atoms with Gasteiger partial charge >= 0.3 is 0 Å². The molecule has 0 spiro atoms. The summed E-state index contributed by atoms with van der Waals surface area (Å²) in [5.41, 5.74) is -2.51. The second kappa shape index (κ2) is 10.0. The Balaban J connectivity index is 2.78. The van der Waals surface area contributed by atoms with Crippen molar-refractivity contribution in [3.05, 3.63) is 5.03 Å². The fourth-order valence-corrected chi connectivity index (χ4v) is 6.66. The van der Waals surface area contributed by atoms with Gasteiger partial charge in [-0.1, -0.05) is 13.8 Å². The lowest BCUT2D eigenvalue weighted by atomic mass is 10.0. The van der Waals surface area contributed by atoms with Crippen LogP contribution in [0.15, 0.2) is 5.03 Å². The summed E-state index contributed by atoms with van der Waals surface area (Å²) in [5, 5.41) is 0.553. The monoisotopic (exact) mass is 351 g/mol. The lowest BCUT2D eigenvalue weighted by Crippen LogP contribution is -2.36. The molecule has 21 heavy (non-hydrogen) atoms. The van der Waals surface area contributed by atoms with Crippen LogP contribution in [0, 0.1) is 0 Å². The Kier molecular flexibility index (Phi) is 9.19. The quantitative estimate of drug-likeness (QED) is 0.454. The molecule has 0 aliphatic carbocycles. The van der Waals surface area contributed by atoms with E-state index in [-0.39, 0.29) is 0 Å². The first-order chi connectivity index (χ1) is 10.1. The highest BCUT2D eigenvalue weighted by molar-refractivity contribution is 8.69. The van der Waals surface area contributed by atoms with Gasteiger partial charge in [-0.05, 0) is 62.2 Å². The Morgan fingerprint density at radius 3 is 2.43 bits per heavy atom. The van der Waals surface area contributed by atoms with Gasteiger partial charge in [-0.15, -0.1) is 0 Å². The summed E-state index contributed by atoms with van der Waals surface area (Å²) in [7, 11) is 0. The minimum atomic E-state index is -2.51. The van der Waals surface area contributed by atoms with Gasteiger partial charge in [0.15, 0.2) is 11.0 Å². The van der Waals surface area contributed by atoms with Crippen LogP contribution < -0.4 is 0 Å². The lowest BCUT2D eigenvalue weighted by molar-refractivity contribution is 0.224. The van der Waals surface area contributed by atoms with E-state index < -0.39 is 5.69 Å². The summed E-state index contributed by atoms with van der Waals surface area (Å²) in [6, 6.07) is 0.350. The Bertz CT molecular complexity index is 401. The van der Waals surface area contributed by atoms with E-state index in [9.17, 15) is 4.79 Å². The average molecular weight is 351 g/mol. The van der Waals surface area contributed by atoms with Crippen molar-refractivity contribution in [3.8, 4) is 0 Å². The molecule has 0 saturated carbocycles. The van der Waals surface area contributed by atoms with E-state index in [4.69, 9.17) is 20.9 Å². The van der Waals surface area contributed by atoms with Crippen LogP contribution in [0.4, 0.5) is 0 Å². The molecule has 1 aliphatic heterocycles. The maximum absolute atomic E-state index is 11.4. The summed E-state index contributed by atoms with van der Waals surface area (Å²) in [6.45, 7) is 8.22. The minimum Gasteiger partial charge on any atom is -0.354 e. The van der Waals surface area contributed by atoms with Crippen LogP contribution in [0.2, 0.25) is 0 Å². The number of nitrogens with zero attached hydrogens (tertiary/aromatic N) is 1. The summed E-state index contributed by atoms with van der Waals surface area (Å²) in [4.78, 5) is 13.5. The van der Waals surface area contributed by atoms with Crippen molar-refractivity contribution in [2.24, 2.45) is 0 Å². The smallest absolute Gasteiger partial charge is 0.254 e. The summed E-state index contributed by atoms with van der Waals surface area (Å²) < 4.78 is 11.6. The van der Waals surface area contributed by atoms with Crippen molar-refractivity contribution in [2.45, 2.75) is 58.9 Å². The third-order valence-electron chi connectivity index (χ3n) is 3.26. The molecule has 1 aliphatic rings. The highest BCUT2D eigenvalue weighted by atomic mass is 32.9. The van der Waals surface area contributed by atoms with Gasteiger partial charge in [0.05, 0.1) is 13.2 Å². The van der Waals surface area contributed by atoms with Crippen LogP contribution >= 0.6 is 17.1 Å². The van der Waals surface area contributed by atoms with E-state index in [1.165, 1.54) is 17.8 Å². The second-order valence-corrected chi connectivity index (χ2v) is 11.3. The second-order valence-electron chi connectivity index (χ2n) is 5.15. The van der Waals surface area contributed by atoms with E-state index in [1.807, 2.05) is 13.8 Å². The molecule has 0 aromatic rings. The van der Waals surface area contributed by atoms with Gasteiger partial charge in [0.1, 0.15) is 0 Å². The first-order valence-electron chi connectivity index (χ1n) is 7.66. The standard InChI is InChI=1S/C14H26NO3PS2/c1-4-10-17-19(20,18-11-5-2)21-14(12-16)15-9-7-6-8-13(15)3/h13H,4-11H2,1-3H3. The fraction of sp³-hybridized carbons (Fsp3) is 0.857. The van der Waals surface area contributed by atoms with Crippen LogP contribution in [-0.2, 0) is 25.6 Å². The van der Waals surface area contributed by atoms with Gasteiger partial charge in [0.2, 0.25) is 0 Å². The molecule has 1 rings (SSSR count). The van der Waals surface area contributed by atoms with Gasteiger partial charge in [-0.3, -0.25) is 0 Å².